The fourth-order valence-electron chi connectivity index (χ4n) is 2.80. The molecule has 2 N–H and O–H groups in total. The first-order chi connectivity index (χ1) is 15.0. The van der Waals surface area contributed by atoms with Gasteiger partial charge in [-0.15, -0.1) is 10.2 Å². The van der Waals surface area contributed by atoms with Gasteiger partial charge in [0, 0.05) is 28.0 Å². The van der Waals surface area contributed by atoms with Gasteiger partial charge in [-0.3, -0.25) is 10.3 Å². The van der Waals surface area contributed by atoms with Crippen LogP contribution in [0.15, 0.2) is 67.0 Å². The van der Waals surface area contributed by atoms with E-state index in [0.717, 1.165) is 6.20 Å². The van der Waals surface area contributed by atoms with Crippen molar-refractivity contribution in [3.05, 3.63) is 83.6 Å². The number of carbonyl (C=O) groups is 1. The van der Waals surface area contributed by atoms with Crippen LogP contribution in [0.2, 0.25) is 5.02 Å². The third-order valence-corrected chi connectivity index (χ3v) is 4.39. The summed E-state index contributed by atoms with van der Waals surface area (Å²) in [6.45, 7) is 0. The average molecular weight is 439 g/mol. The van der Waals surface area contributed by atoms with E-state index in [1.807, 2.05) is 0 Å². The summed E-state index contributed by atoms with van der Waals surface area (Å²) < 4.78 is 28.8. The Balaban J connectivity index is 1.71. The zero-order valence-electron chi connectivity index (χ0n) is 15.7. The van der Waals surface area contributed by atoms with Gasteiger partial charge in [-0.1, -0.05) is 29.8 Å². The molecule has 2 heterocycles. The maximum atomic E-state index is 14.5. The molecule has 0 saturated heterocycles. The van der Waals surface area contributed by atoms with Gasteiger partial charge >= 0.3 is 6.03 Å². The molecule has 0 bridgehead atoms. The summed E-state index contributed by atoms with van der Waals surface area (Å²) in [5, 5.41) is 13.3. The van der Waals surface area contributed by atoms with Crippen molar-refractivity contribution >= 4 is 29.3 Å². The molecule has 0 radical (unpaired) electrons. The van der Waals surface area contributed by atoms with Gasteiger partial charge in [-0.2, -0.15) is 0 Å². The van der Waals surface area contributed by atoms with Gasteiger partial charge < -0.3 is 5.32 Å². The molecule has 10 heteroatoms. The lowest BCUT2D eigenvalue weighted by atomic mass is 10.0. The predicted molar refractivity (Wildman–Crippen MR) is 113 cm³/mol. The highest BCUT2D eigenvalue weighted by Crippen LogP contribution is 2.31. The molecule has 0 atom stereocenters. The molecule has 4 aromatic rings. The first-order valence-corrected chi connectivity index (χ1v) is 9.32. The number of benzene rings is 2. The minimum absolute atomic E-state index is 0.00537. The van der Waals surface area contributed by atoms with Gasteiger partial charge in [0.25, 0.3) is 5.95 Å². The second-order valence-electron chi connectivity index (χ2n) is 6.26. The van der Waals surface area contributed by atoms with Crippen LogP contribution in [0, 0.1) is 11.6 Å². The van der Waals surface area contributed by atoms with Crippen LogP contribution in [0.3, 0.4) is 0 Å². The van der Waals surface area contributed by atoms with Gasteiger partial charge in [0.2, 0.25) is 0 Å². The summed E-state index contributed by atoms with van der Waals surface area (Å²) in [6, 6.07) is 13.1. The number of nitrogens with one attached hydrogen (secondary N) is 2. The molecule has 7 nitrogen and oxygen atoms in total. The van der Waals surface area contributed by atoms with Crippen LogP contribution in [0.4, 0.5) is 25.2 Å². The molecule has 0 aliphatic rings. The van der Waals surface area contributed by atoms with E-state index in [0.29, 0.717) is 10.7 Å². The first kappa shape index (κ1) is 20.3. The van der Waals surface area contributed by atoms with Crippen molar-refractivity contribution in [3.8, 4) is 22.5 Å². The maximum Gasteiger partial charge on any atom is 0.326 e. The molecule has 2 aromatic carbocycles. The van der Waals surface area contributed by atoms with Crippen molar-refractivity contribution in [1.82, 2.24) is 20.2 Å². The van der Waals surface area contributed by atoms with Crippen molar-refractivity contribution in [2.24, 2.45) is 0 Å². The summed E-state index contributed by atoms with van der Waals surface area (Å²) in [7, 11) is 0. The number of halogens is 3. The molecule has 2 amide bonds. The Bertz CT molecular complexity index is 1270. The lowest BCUT2D eigenvalue weighted by molar-refractivity contribution is 0.262. The summed E-state index contributed by atoms with van der Waals surface area (Å²) in [4.78, 5) is 20.2. The van der Waals surface area contributed by atoms with Crippen LogP contribution < -0.4 is 10.6 Å². The third-order valence-electron chi connectivity index (χ3n) is 4.15. The van der Waals surface area contributed by atoms with E-state index in [1.165, 1.54) is 30.5 Å². The molecule has 0 spiro atoms. The third kappa shape index (κ3) is 4.62. The number of amides is 2. The number of pyridine rings is 1. The smallest absolute Gasteiger partial charge is 0.308 e. The van der Waals surface area contributed by atoms with E-state index in [-0.39, 0.29) is 28.5 Å². The Hall–Kier alpha value is -3.98. The molecule has 0 aliphatic heterocycles. The molecule has 0 aliphatic carbocycles. The molecular formula is C21H13ClF2N6O. The topological polar surface area (TPSA) is 92.7 Å². The van der Waals surface area contributed by atoms with Crippen molar-refractivity contribution in [2.45, 2.75) is 0 Å². The SMILES string of the molecule is O=C(Nc1cccc(Cl)c1)Nc1nnc(-c2ccncc2F)c(-c2ccccc2F)n1. The number of anilines is 2. The largest absolute Gasteiger partial charge is 0.326 e. The van der Waals surface area contributed by atoms with Crippen molar-refractivity contribution in [1.29, 1.82) is 0 Å². The number of nitrogens with zero attached hydrogens (tertiary/aromatic N) is 4. The average Bonchev–Trinajstić information content (AvgIpc) is 2.75. The minimum atomic E-state index is -0.671. The molecular weight excluding hydrogens is 426 g/mol. The summed E-state index contributed by atoms with van der Waals surface area (Å²) >= 11 is 5.90. The van der Waals surface area contributed by atoms with Crippen LogP contribution >= 0.6 is 11.6 Å². The number of rotatable bonds is 4. The minimum Gasteiger partial charge on any atom is -0.308 e. The molecule has 0 saturated carbocycles. The number of hydrogen-bond donors (Lipinski definition) is 2. The number of urea groups is 1. The van der Waals surface area contributed by atoms with Crippen LogP contribution in [0.1, 0.15) is 0 Å². The Morgan fingerprint density at radius 1 is 0.871 bits per heavy atom. The first-order valence-electron chi connectivity index (χ1n) is 8.94. The number of carbonyl (C=O) groups excluding carboxylic acids is 1. The Kier molecular flexibility index (Phi) is 5.76. The normalized spacial score (nSPS) is 10.5. The maximum absolute atomic E-state index is 14.5. The quantitative estimate of drug-likeness (QED) is 0.458. The number of hydrogen-bond acceptors (Lipinski definition) is 5. The van der Waals surface area contributed by atoms with Crippen LogP contribution in [-0.4, -0.2) is 26.2 Å². The fourth-order valence-corrected chi connectivity index (χ4v) is 2.99. The molecule has 0 fully saturated rings. The van der Waals surface area contributed by atoms with Crippen LogP contribution in [0.25, 0.3) is 22.5 Å². The highest BCUT2D eigenvalue weighted by atomic mass is 35.5. The zero-order chi connectivity index (χ0) is 21.8. The van der Waals surface area contributed by atoms with Gasteiger partial charge in [0.15, 0.2) is 5.82 Å². The highest BCUT2D eigenvalue weighted by molar-refractivity contribution is 6.30. The summed E-state index contributed by atoms with van der Waals surface area (Å²) in [6.07, 6.45) is 2.38. The molecule has 4 rings (SSSR count). The Morgan fingerprint density at radius 3 is 2.45 bits per heavy atom. The van der Waals surface area contributed by atoms with E-state index in [4.69, 9.17) is 11.6 Å². The predicted octanol–water partition coefficient (Wildman–Crippen LogP) is 5.18. The van der Waals surface area contributed by atoms with Gasteiger partial charge in [0.05, 0.1) is 6.20 Å². The van der Waals surface area contributed by atoms with E-state index < -0.39 is 17.7 Å². The summed E-state index contributed by atoms with van der Waals surface area (Å²) in [5.41, 5.74) is 0.579. The summed E-state index contributed by atoms with van der Waals surface area (Å²) in [5.74, 6) is -1.46. The molecule has 31 heavy (non-hydrogen) atoms. The Morgan fingerprint density at radius 2 is 1.68 bits per heavy atom. The second kappa shape index (κ2) is 8.80. The standard InChI is InChI=1S/C21H13ClF2N6O/c22-12-4-3-5-13(10-12)26-21(31)28-20-27-18(14-6-1-2-7-16(14)23)19(29-30-20)15-8-9-25-11-17(15)24/h1-11H,(H2,26,27,28,30,31). The van der Waals surface area contributed by atoms with Crippen molar-refractivity contribution in [3.63, 3.8) is 0 Å². The lowest BCUT2D eigenvalue weighted by Gasteiger charge is -2.11. The zero-order valence-corrected chi connectivity index (χ0v) is 16.4. The van der Waals surface area contributed by atoms with Crippen molar-refractivity contribution in [2.75, 3.05) is 10.6 Å². The van der Waals surface area contributed by atoms with Crippen LogP contribution in [0.5, 0.6) is 0 Å². The van der Waals surface area contributed by atoms with E-state index in [1.54, 1.807) is 30.3 Å². The fraction of sp³-hybridized carbons (Fsp3) is 0. The van der Waals surface area contributed by atoms with Crippen molar-refractivity contribution < 1.29 is 13.6 Å². The van der Waals surface area contributed by atoms with E-state index in [2.05, 4.69) is 30.8 Å². The highest BCUT2D eigenvalue weighted by Gasteiger charge is 2.19. The Labute approximate surface area is 180 Å². The lowest BCUT2D eigenvalue weighted by Crippen LogP contribution is -2.21. The molecule has 154 valence electrons. The monoisotopic (exact) mass is 438 g/mol. The van der Waals surface area contributed by atoms with E-state index >= 15 is 0 Å². The molecule has 0 unspecified atom stereocenters. The van der Waals surface area contributed by atoms with Gasteiger partial charge in [-0.25, -0.2) is 18.6 Å². The van der Waals surface area contributed by atoms with E-state index in [9.17, 15) is 13.6 Å². The number of aromatic nitrogens is 4. The second-order valence-corrected chi connectivity index (χ2v) is 6.69. The van der Waals surface area contributed by atoms with Gasteiger partial charge in [0.1, 0.15) is 17.2 Å². The molecule has 2 aromatic heterocycles. The van der Waals surface area contributed by atoms with Gasteiger partial charge in [-0.05, 0) is 36.4 Å². The van der Waals surface area contributed by atoms with Crippen LogP contribution in [-0.2, 0) is 0 Å².